The average molecular weight is 581 g/mol. The fourth-order valence-corrected chi connectivity index (χ4v) is 6.02. The molecule has 0 saturated heterocycles. The van der Waals surface area contributed by atoms with Gasteiger partial charge in [0.1, 0.15) is 16.7 Å². The molecule has 0 aliphatic carbocycles. The molecule has 0 aliphatic heterocycles. The standard InChI is InChI=1S/C39H24N4O2/c1-3-12-25(13-4-1)37-40-38(26-22-23-30-28-16-7-9-20-33(28)44-35(30)24-26)42-39(41-37)43(27-14-5-2-6-15-27)32-19-11-18-31-29-17-8-10-21-34(29)45-36(31)32/h1-24H. The van der Waals surface area contributed by atoms with E-state index >= 15 is 0 Å². The van der Waals surface area contributed by atoms with E-state index in [1.54, 1.807) is 0 Å². The highest BCUT2D eigenvalue weighted by Gasteiger charge is 2.23. The Hall–Kier alpha value is -6.27. The van der Waals surface area contributed by atoms with Gasteiger partial charge in [0.05, 0.1) is 5.69 Å². The van der Waals surface area contributed by atoms with Crippen molar-refractivity contribution in [2.45, 2.75) is 0 Å². The molecule has 0 radical (unpaired) electrons. The molecule has 0 unspecified atom stereocenters. The Labute approximate surface area is 257 Å². The first kappa shape index (κ1) is 25.2. The van der Waals surface area contributed by atoms with Crippen LogP contribution in [-0.4, -0.2) is 15.0 Å². The van der Waals surface area contributed by atoms with E-state index in [-0.39, 0.29) is 0 Å². The predicted molar refractivity (Wildman–Crippen MR) is 180 cm³/mol. The maximum atomic E-state index is 6.49. The highest BCUT2D eigenvalue weighted by molar-refractivity contribution is 6.10. The lowest BCUT2D eigenvalue weighted by Crippen LogP contribution is -2.15. The minimum Gasteiger partial charge on any atom is -0.456 e. The summed E-state index contributed by atoms with van der Waals surface area (Å²) in [6.45, 7) is 0. The molecule has 0 atom stereocenters. The van der Waals surface area contributed by atoms with Gasteiger partial charge in [-0.3, -0.25) is 4.90 Å². The van der Waals surface area contributed by atoms with Gasteiger partial charge in [0, 0.05) is 38.4 Å². The smallest absolute Gasteiger partial charge is 0.238 e. The molecule has 3 aromatic heterocycles. The molecule has 6 aromatic carbocycles. The van der Waals surface area contributed by atoms with E-state index < -0.39 is 0 Å². The fourth-order valence-electron chi connectivity index (χ4n) is 6.02. The second-order valence-electron chi connectivity index (χ2n) is 10.9. The molecule has 6 heteroatoms. The molecule has 0 amide bonds. The van der Waals surface area contributed by atoms with E-state index in [1.165, 1.54) is 0 Å². The highest BCUT2D eigenvalue weighted by atomic mass is 16.3. The van der Waals surface area contributed by atoms with Crippen molar-refractivity contribution >= 4 is 61.2 Å². The number of fused-ring (bicyclic) bond motifs is 6. The van der Waals surface area contributed by atoms with Gasteiger partial charge in [0.15, 0.2) is 17.2 Å². The zero-order valence-electron chi connectivity index (χ0n) is 24.0. The van der Waals surface area contributed by atoms with E-state index in [9.17, 15) is 0 Å². The molecule has 45 heavy (non-hydrogen) atoms. The number of rotatable bonds is 5. The van der Waals surface area contributed by atoms with Gasteiger partial charge in [-0.25, -0.2) is 4.98 Å². The first-order chi connectivity index (χ1) is 22.3. The number of furan rings is 2. The quantitative estimate of drug-likeness (QED) is 0.202. The van der Waals surface area contributed by atoms with E-state index in [0.717, 1.165) is 66.4 Å². The van der Waals surface area contributed by atoms with Crippen molar-refractivity contribution < 1.29 is 8.83 Å². The van der Waals surface area contributed by atoms with Crippen molar-refractivity contribution in [3.8, 4) is 22.8 Å². The van der Waals surface area contributed by atoms with E-state index in [4.69, 9.17) is 23.8 Å². The van der Waals surface area contributed by atoms with Gasteiger partial charge in [-0.15, -0.1) is 0 Å². The molecule has 0 aliphatic rings. The second-order valence-corrected chi connectivity index (χ2v) is 10.9. The van der Waals surface area contributed by atoms with Gasteiger partial charge in [-0.2, -0.15) is 9.97 Å². The van der Waals surface area contributed by atoms with Gasteiger partial charge in [-0.05, 0) is 42.5 Å². The molecule has 0 bridgehead atoms. The number of hydrogen-bond donors (Lipinski definition) is 0. The summed E-state index contributed by atoms with van der Waals surface area (Å²) in [5.74, 6) is 1.58. The van der Waals surface area contributed by atoms with Crippen LogP contribution in [0.3, 0.4) is 0 Å². The van der Waals surface area contributed by atoms with Crippen LogP contribution in [-0.2, 0) is 0 Å². The first-order valence-electron chi connectivity index (χ1n) is 14.8. The maximum Gasteiger partial charge on any atom is 0.238 e. The molecule has 3 heterocycles. The lowest BCUT2D eigenvalue weighted by molar-refractivity contribution is 0.668. The third-order valence-corrected chi connectivity index (χ3v) is 8.13. The summed E-state index contributed by atoms with van der Waals surface area (Å²) in [5.41, 5.74) is 6.67. The van der Waals surface area contributed by atoms with Crippen molar-refractivity contribution in [1.29, 1.82) is 0 Å². The van der Waals surface area contributed by atoms with Crippen LogP contribution in [0.4, 0.5) is 17.3 Å². The Kier molecular flexibility index (Phi) is 5.71. The number of anilines is 3. The molecule has 9 rings (SSSR count). The zero-order chi connectivity index (χ0) is 29.7. The first-order valence-corrected chi connectivity index (χ1v) is 14.8. The summed E-state index contributed by atoms with van der Waals surface area (Å²) < 4.78 is 12.7. The molecule has 0 saturated carbocycles. The number of benzene rings is 6. The van der Waals surface area contributed by atoms with Gasteiger partial charge >= 0.3 is 0 Å². The summed E-state index contributed by atoms with van der Waals surface area (Å²) >= 11 is 0. The van der Waals surface area contributed by atoms with Crippen LogP contribution < -0.4 is 4.90 Å². The Balaban J connectivity index is 1.30. The van der Waals surface area contributed by atoms with Crippen LogP contribution in [0.5, 0.6) is 0 Å². The molecular weight excluding hydrogens is 556 g/mol. The summed E-state index contributed by atoms with van der Waals surface area (Å²) in [7, 11) is 0. The van der Waals surface area contributed by atoms with Crippen molar-refractivity contribution in [3.05, 3.63) is 146 Å². The molecule has 9 aromatic rings. The van der Waals surface area contributed by atoms with Crippen LogP contribution in [0.2, 0.25) is 0 Å². The minimum absolute atomic E-state index is 0.475. The fraction of sp³-hybridized carbons (Fsp3) is 0. The third-order valence-electron chi connectivity index (χ3n) is 8.13. The van der Waals surface area contributed by atoms with Crippen molar-refractivity contribution in [2.24, 2.45) is 0 Å². The van der Waals surface area contributed by atoms with Crippen molar-refractivity contribution in [1.82, 2.24) is 15.0 Å². The Bertz CT molecular complexity index is 2500. The number of aromatic nitrogens is 3. The van der Waals surface area contributed by atoms with E-state index in [1.807, 2.05) is 126 Å². The van der Waals surface area contributed by atoms with Crippen LogP contribution in [0.15, 0.2) is 154 Å². The van der Waals surface area contributed by atoms with Crippen molar-refractivity contribution in [2.75, 3.05) is 4.90 Å². The normalized spacial score (nSPS) is 11.6. The lowest BCUT2D eigenvalue weighted by atomic mass is 10.1. The van der Waals surface area contributed by atoms with Crippen LogP contribution in [0.25, 0.3) is 66.7 Å². The molecule has 0 N–H and O–H groups in total. The third kappa shape index (κ3) is 4.23. The van der Waals surface area contributed by atoms with Gasteiger partial charge in [-0.1, -0.05) is 103 Å². The van der Waals surface area contributed by atoms with E-state index in [0.29, 0.717) is 17.6 Å². The second kappa shape index (κ2) is 10.2. The molecule has 6 nitrogen and oxygen atoms in total. The maximum absolute atomic E-state index is 6.49. The Morgan fingerprint density at radius 2 is 1.02 bits per heavy atom. The van der Waals surface area contributed by atoms with Crippen LogP contribution in [0, 0.1) is 0 Å². The minimum atomic E-state index is 0.475. The number of hydrogen-bond acceptors (Lipinski definition) is 6. The Morgan fingerprint density at radius 3 is 1.80 bits per heavy atom. The summed E-state index contributed by atoms with van der Waals surface area (Å²) in [4.78, 5) is 17.2. The number of para-hydroxylation sites is 4. The average Bonchev–Trinajstić information content (AvgIpc) is 3.68. The zero-order valence-corrected chi connectivity index (χ0v) is 24.0. The lowest BCUT2D eigenvalue weighted by Gasteiger charge is -2.24. The number of nitrogens with zero attached hydrogens (tertiary/aromatic N) is 4. The SMILES string of the molecule is c1ccc(-c2nc(-c3ccc4c(c3)oc3ccccc34)nc(N(c3ccccc3)c3cccc4c3oc3ccccc34)n2)cc1. The molecular formula is C39H24N4O2. The van der Waals surface area contributed by atoms with Crippen LogP contribution >= 0.6 is 0 Å². The van der Waals surface area contributed by atoms with Crippen LogP contribution in [0.1, 0.15) is 0 Å². The van der Waals surface area contributed by atoms with E-state index in [2.05, 4.69) is 24.3 Å². The highest BCUT2D eigenvalue weighted by Crippen LogP contribution is 2.41. The van der Waals surface area contributed by atoms with Gasteiger partial charge < -0.3 is 8.83 Å². The Morgan fingerprint density at radius 1 is 0.422 bits per heavy atom. The molecule has 0 fully saturated rings. The topological polar surface area (TPSA) is 68.2 Å². The van der Waals surface area contributed by atoms with Gasteiger partial charge in [0.25, 0.3) is 0 Å². The van der Waals surface area contributed by atoms with Gasteiger partial charge in [0.2, 0.25) is 5.95 Å². The molecule has 0 spiro atoms. The molecule has 212 valence electrons. The van der Waals surface area contributed by atoms with Crippen molar-refractivity contribution in [3.63, 3.8) is 0 Å². The summed E-state index contributed by atoms with van der Waals surface area (Å²) in [6, 6.07) is 48.6. The predicted octanol–water partition coefficient (Wildman–Crippen LogP) is 10.5. The largest absolute Gasteiger partial charge is 0.456 e. The summed E-state index contributed by atoms with van der Waals surface area (Å²) in [5, 5.41) is 4.21. The summed E-state index contributed by atoms with van der Waals surface area (Å²) in [6.07, 6.45) is 0. The monoisotopic (exact) mass is 580 g/mol.